The highest BCUT2D eigenvalue weighted by Gasteiger charge is 2.43. The SMILES string of the molecule is CC(=O)N[C@@H](Cc1c[nH]c2ccccc12)C(=O)N1CC[C@@H](S)[C@H]1C(=O)N[C@@H](CC(=O)O)C(=O)N[C@@H](Cc1ccccc1)C(N)=O. The fourth-order valence-electron chi connectivity index (χ4n) is 5.49. The van der Waals surface area contributed by atoms with Gasteiger partial charge in [-0.25, -0.2) is 0 Å². The molecule has 5 atom stereocenters. The molecule has 2 aromatic carbocycles. The molecule has 238 valence electrons. The Morgan fingerprint density at radius 3 is 2.31 bits per heavy atom. The predicted molar refractivity (Wildman–Crippen MR) is 168 cm³/mol. The van der Waals surface area contributed by atoms with Gasteiger partial charge in [0, 0.05) is 48.7 Å². The Bertz CT molecular complexity index is 1580. The number of primary amides is 1. The van der Waals surface area contributed by atoms with Gasteiger partial charge in [-0.1, -0.05) is 48.5 Å². The Kier molecular flexibility index (Phi) is 10.8. The fraction of sp³-hybridized carbons (Fsp3) is 0.355. The number of carboxylic acids is 1. The van der Waals surface area contributed by atoms with Gasteiger partial charge in [0.05, 0.1) is 6.42 Å². The minimum Gasteiger partial charge on any atom is -0.481 e. The van der Waals surface area contributed by atoms with Gasteiger partial charge in [-0.3, -0.25) is 28.8 Å². The Labute approximate surface area is 264 Å². The number of aliphatic carboxylic acids is 1. The zero-order valence-electron chi connectivity index (χ0n) is 24.6. The molecule has 0 spiro atoms. The number of H-pyrrole nitrogens is 1. The van der Waals surface area contributed by atoms with Crippen molar-refractivity contribution in [3.8, 4) is 0 Å². The zero-order valence-corrected chi connectivity index (χ0v) is 25.5. The van der Waals surface area contributed by atoms with Gasteiger partial charge in [0.2, 0.25) is 29.5 Å². The van der Waals surface area contributed by atoms with Gasteiger partial charge < -0.3 is 36.7 Å². The van der Waals surface area contributed by atoms with E-state index in [1.807, 2.05) is 24.3 Å². The molecule has 1 aromatic heterocycles. The number of fused-ring (bicyclic) bond motifs is 1. The van der Waals surface area contributed by atoms with Crippen LogP contribution >= 0.6 is 12.6 Å². The number of hydrogen-bond acceptors (Lipinski definition) is 7. The lowest BCUT2D eigenvalue weighted by Crippen LogP contribution is -2.59. The molecule has 7 N–H and O–H groups in total. The molecule has 0 aliphatic carbocycles. The van der Waals surface area contributed by atoms with Crippen molar-refractivity contribution >= 4 is 59.0 Å². The number of likely N-dealkylation sites (tertiary alicyclic amines) is 1. The molecule has 0 unspecified atom stereocenters. The predicted octanol–water partition coefficient (Wildman–Crippen LogP) is 0.287. The van der Waals surface area contributed by atoms with E-state index in [0.29, 0.717) is 12.0 Å². The maximum Gasteiger partial charge on any atom is 0.305 e. The standard InChI is InChI=1S/C31H36N6O7S/c1-17(38)34-24(14-19-16-33-21-10-6-5-9-20(19)21)31(44)37-12-11-25(45)27(37)30(43)36-23(15-26(39)40)29(42)35-22(28(32)41)13-18-7-3-2-4-8-18/h2-10,16,22-25,27,33,45H,11-15H2,1H3,(H2,32,41)(H,34,38)(H,35,42)(H,36,43)(H,39,40)/t22-,23-,24-,25+,27-/m0/s1. The van der Waals surface area contributed by atoms with Crippen molar-refractivity contribution in [1.29, 1.82) is 0 Å². The van der Waals surface area contributed by atoms with Crippen LogP contribution in [0.4, 0.5) is 0 Å². The first kappa shape index (κ1) is 33.1. The molecule has 0 radical (unpaired) electrons. The number of amides is 5. The Hall–Kier alpha value is -4.85. The van der Waals surface area contributed by atoms with E-state index >= 15 is 0 Å². The van der Waals surface area contributed by atoms with Crippen molar-refractivity contribution in [3.63, 3.8) is 0 Å². The summed E-state index contributed by atoms with van der Waals surface area (Å²) >= 11 is 4.51. The molecule has 1 aliphatic rings. The highest BCUT2D eigenvalue weighted by Crippen LogP contribution is 2.26. The number of hydrogen-bond donors (Lipinski definition) is 7. The lowest BCUT2D eigenvalue weighted by atomic mass is 10.0. The molecule has 0 bridgehead atoms. The molecular weight excluding hydrogens is 600 g/mol. The number of para-hydroxylation sites is 1. The second kappa shape index (κ2) is 14.8. The van der Waals surface area contributed by atoms with Crippen molar-refractivity contribution in [1.82, 2.24) is 25.8 Å². The summed E-state index contributed by atoms with van der Waals surface area (Å²) in [6, 6.07) is 11.3. The largest absolute Gasteiger partial charge is 0.481 e. The summed E-state index contributed by atoms with van der Waals surface area (Å²) in [6.45, 7) is 1.43. The number of carbonyl (C=O) groups is 6. The van der Waals surface area contributed by atoms with E-state index in [1.54, 1.807) is 36.5 Å². The van der Waals surface area contributed by atoms with Crippen LogP contribution in [-0.4, -0.2) is 86.5 Å². The first-order valence-electron chi connectivity index (χ1n) is 14.4. The van der Waals surface area contributed by atoms with Crippen molar-refractivity contribution < 1.29 is 33.9 Å². The second-order valence-corrected chi connectivity index (χ2v) is 11.6. The zero-order chi connectivity index (χ0) is 32.7. The molecule has 13 nitrogen and oxygen atoms in total. The smallest absolute Gasteiger partial charge is 0.305 e. The van der Waals surface area contributed by atoms with Crippen LogP contribution in [0.25, 0.3) is 10.9 Å². The average Bonchev–Trinajstić information content (AvgIpc) is 3.59. The van der Waals surface area contributed by atoms with Gasteiger partial charge in [0.1, 0.15) is 24.2 Å². The summed E-state index contributed by atoms with van der Waals surface area (Å²) in [5.41, 5.74) is 7.86. The van der Waals surface area contributed by atoms with Crippen LogP contribution in [0, 0.1) is 0 Å². The maximum absolute atomic E-state index is 13.9. The number of aromatic nitrogens is 1. The van der Waals surface area contributed by atoms with Gasteiger partial charge in [-0.05, 0) is 23.6 Å². The third-order valence-electron chi connectivity index (χ3n) is 7.65. The first-order valence-corrected chi connectivity index (χ1v) is 14.9. The van der Waals surface area contributed by atoms with E-state index < -0.39 is 71.3 Å². The number of thiol groups is 1. The minimum absolute atomic E-state index is 0.0558. The number of carbonyl (C=O) groups excluding carboxylic acids is 5. The number of carboxylic acid groups (broad SMARTS) is 1. The van der Waals surface area contributed by atoms with Crippen molar-refractivity contribution in [2.75, 3.05) is 6.54 Å². The third-order valence-corrected chi connectivity index (χ3v) is 8.19. The molecule has 1 saturated heterocycles. The van der Waals surface area contributed by atoms with Crippen molar-refractivity contribution in [3.05, 3.63) is 71.9 Å². The number of nitrogens with two attached hydrogens (primary N) is 1. The summed E-state index contributed by atoms with van der Waals surface area (Å²) in [4.78, 5) is 81.0. The highest BCUT2D eigenvalue weighted by molar-refractivity contribution is 7.81. The monoisotopic (exact) mass is 636 g/mol. The highest BCUT2D eigenvalue weighted by atomic mass is 32.1. The Balaban J connectivity index is 1.51. The van der Waals surface area contributed by atoms with Crippen molar-refractivity contribution in [2.24, 2.45) is 5.73 Å². The summed E-state index contributed by atoms with van der Waals surface area (Å²) < 4.78 is 0. The van der Waals surface area contributed by atoms with E-state index in [9.17, 15) is 33.9 Å². The van der Waals surface area contributed by atoms with E-state index in [1.165, 1.54) is 11.8 Å². The van der Waals surface area contributed by atoms with Crippen LogP contribution in [0.15, 0.2) is 60.8 Å². The number of nitrogens with zero attached hydrogens (tertiary/aromatic N) is 1. The summed E-state index contributed by atoms with van der Waals surface area (Å²) in [5, 5.41) is 17.3. The van der Waals surface area contributed by atoms with Gasteiger partial charge >= 0.3 is 5.97 Å². The first-order chi connectivity index (χ1) is 21.4. The molecular formula is C31H36N6O7S. The summed E-state index contributed by atoms with van der Waals surface area (Å²) in [7, 11) is 0. The number of aromatic amines is 1. The Morgan fingerprint density at radius 1 is 0.956 bits per heavy atom. The fourth-order valence-corrected chi connectivity index (χ4v) is 5.90. The maximum atomic E-state index is 13.9. The van der Waals surface area contributed by atoms with Gasteiger partial charge in [0.15, 0.2) is 0 Å². The van der Waals surface area contributed by atoms with Crippen LogP contribution in [0.1, 0.15) is 30.9 Å². The quantitative estimate of drug-likeness (QED) is 0.131. The van der Waals surface area contributed by atoms with Crippen LogP contribution in [-0.2, 0) is 41.6 Å². The normalized spacial score (nSPS) is 18.0. The lowest BCUT2D eigenvalue weighted by molar-refractivity contribution is -0.143. The molecule has 0 saturated carbocycles. The van der Waals surface area contributed by atoms with E-state index in [0.717, 1.165) is 16.5 Å². The van der Waals surface area contributed by atoms with Crippen LogP contribution in [0.3, 0.4) is 0 Å². The summed E-state index contributed by atoms with van der Waals surface area (Å²) in [5.74, 6) is -4.89. The molecule has 1 aliphatic heterocycles. The van der Waals surface area contributed by atoms with Crippen LogP contribution in [0.5, 0.6) is 0 Å². The van der Waals surface area contributed by atoms with Crippen molar-refractivity contribution in [2.45, 2.75) is 62.0 Å². The number of rotatable bonds is 13. The molecule has 4 rings (SSSR count). The average molecular weight is 637 g/mol. The third kappa shape index (κ3) is 8.41. The van der Waals surface area contributed by atoms with Crippen LogP contribution in [0.2, 0.25) is 0 Å². The second-order valence-electron chi connectivity index (χ2n) is 11.0. The molecule has 1 fully saturated rings. The van der Waals surface area contributed by atoms with Gasteiger partial charge in [-0.2, -0.15) is 12.6 Å². The molecule has 2 heterocycles. The van der Waals surface area contributed by atoms with Crippen LogP contribution < -0.4 is 21.7 Å². The summed E-state index contributed by atoms with van der Waals surface area (Å²) in [6.07, 6.45) is 1.50. The number of nitrogens with one attached hydrogen (secondary N) is 4. The van der Waals surface area contributed by atoms with E-state index in [2.05, 4.69) is 33.6 Å². The van der Waals surface area contributed by atoms with E-state index in [4.69, 9.17) is 5.73 Å². The van der Waals surface area contributed by atoms with Gasteiger partial charge in [0.25, 0.3) is 0 Å². The number of benzene rings is 2. The minimum atomic E-state index is -1.58. The molecule has 45 heavy (non-hydrogen) atoms. The Morgan fingerprint density at radius 2 is 1.64 bits per heavy atom. The lowest BCUT2D eigenvalue weighted by Gasteiger charge is -2.31. The van der Waals surface area contributed by atoms with Gasteiger partial charge in [-0.15, -0.1) is 0 Å². The topological polar surface area (TPSA) is 204 Å². The van der Waals surface area contributed by atoms with E-state index in [-0.39, 0.29) is 19.4 Å². The molecule has 3 aromatic rings. The molecule has 5 amide bonds. The molecule has 14 heteroatoms.